The third-order valence-electron chi connectivity index (χ3n) is 4.44. The van der Waals surface area contributed by atoms with E-state index < -0.39 is 0 Å². The van der Waals surface area contributed by atoms with Crippen LogP contribution in [0.15, 0.2) is 42.5 Å². The quantitative estimate of drug-likeness (QED) is 0.628. The Morgan fingerprint density at radius 3 is 1.90 bits per heavy atom. The van der Waals surface area contributed by atoms with E-state index in [4.69, 9.17) is 23.2 Å². The number of amides is 2. The lowest BCUT2D eigenvalue weighted by molar-refractivity contribution is -0.119. The summed E-state index contributed by atoms with van der Waals surface area (Å²) in [6.45, 7) is 9.00. The van der Waals surface area contributed by atoms with Gasteiger partial charge in [0.05, 0.1) is 28.8 Å². The molecule has 0 heterocycles. The standard InChI is InChI=1S/C22H27Cl2N3O2/c1-5-27(14-20(29)26-21-17(23)7-6-8-18(21)24)13-19(28)25-16-11-9-15(10-12-16)22(2,3)4/h6-12H,5,13-14H2,1-4H3,(H,25,28)(H,26,29). The van der Waals surface area contributed by atoms with Crippen molar-refractivity contribution in [1.82, 2.24) is 4.90 Å². The molecule has 0 radical (unpaired) electrons. The molecule has 0 aromatic heterocycles. The largest absolute Gasteiger partial charge is 0.325 e. The lowest BCUT2D eigenvalue weighted by Crippen LogP contribution is -2.38. The third kappa shape index (κ3) is 7.03. The van der Waals surface area contributed by atoms with Crippen LogP contribution in [0.2, 0.25) is 10.0 Å². The van der Waals surface area contributed by atoms with Crippen molar-refractivity contribution in [3.05, 3.63) is 58.1 Å². The maximum atomic E-state index is 12.4. The van der Waals surface area contributed by atoms with Crippen molar-refractivity contribution in [3.63, 3.8) is 0 Å². The number of nitrogens with one attached hydrogen (secondary N) is 2. The van der Waals surface area contributed by atoms with Gasteiger partial charge in [-0.25, -0.2) is 0 Å². The number of rotatable bonds is 7. The molecule has 29 heavy (non-hydrogen) atoms. The number of benzene rings is 2. The van der Waals surface area contributed by atoms with Crippen molar-refractivity contribution >= 4 is 46.4 Å². The summed E-state index contributed by atoms with van der Waals surface area (Å²) in [5.41, 5.74) is 2.35. The van der Waals surface area contributed by atoms with Crippen LogP contribution < -0.4 is 10.6 Å². The maximum absolute atomic E-state index is 12.4. The van der Waals surface area contributed by atoms with Gasteiger partial charge in [-0.05, 0) is 41.8 Å². The van der Waals surface area contributed by atoms with Crippen LogP contribution in [0, 0.1) is 0 Å². The van der Waals surface area contributed by atoms with Crippen molar-refractivity contribution in [2.24, 2.45) is 0 Å². The zero-order valence-electron chi connectivity index (χ0n) is 17.2. The average Bonchev–Trinajstić information content (AvgIpc) is 2.64. The van der Waals surface area contributed by atoms with Gasteiger partial charge in [-0.1, -0.05) is 69.1 Å². The molecule has 0 saturated carbocycles. The second-order valence-electron chi connectivity index (χ2n) is 7.82. The highest BCUT2D eigenvalue weighted by Gasteiger charge is 2.16. The van der Waals surface area contributed by atoms with Crippen molar-refractivity contribution in [2.75, 3.05) is 30.3 Å². The van der Waals surface area contributed by atoms with E-state index in [2.05, 4.69) is 31.4 Å². The number of carbonyl (C=O) groups is 2. The maximum Gasteiger partial charge on any atom is 0.238 e. The molecular weight excluding hydrogens is 409 g/mol. The topological polar surface area (TPSA) is 61.4 Å². The van der Waals surface area contributed by atoms with Gasteiger partial charge in [0.2, 0.25) is 11.8 Å². The number of halogens is 2. The van der Waals surface area contributed by atoms with Gasteiger partial charge in [0.1, 0.15) is 0 Å². The second kappa shape index (κ2) is 10.1. The molecule has 0 unspecified atom stereocenters. The summed E-state index contributed by atoms with van der Waals surface area (Å²) in [7, 11) is 0. The van der Waals surface area contributed by atoms with Crippen LogP contribution in [0.25, 0.3) is 0 Å². The molecule has 2 aromatic carbocycles. The molecular formula is C22H27Cl2N3O2. The summed E-state index contributed by atoms with van der Waals surface area (Å²) in [6.07, 6.45) is 0. The minimum absolute atomic E-state index is 0.0500. The zero-order valence-corrected chi connectivity index (χ0v) is 18.7. The molecule has 156 valence electrons. The fourth-order valence-electron chi connectivity index (χ4n) is 2.74. The van der Waals surface area contributed by atoms with Crippen LogP contribution in [-0.2, 0) is 15.0 Å². The van der Waals surface area contributed by atoms with Gasteiger partial charge in [-0.3, -0.25) is 14.5 Å². The molecule has 0 fully saturated rings. The monoisotopic (exact) mass is 435 g/mol. The summed E-state index contributed by atoms with van der Waals surface area (Å²) in [6, 6.07) is 12.8. The lowest BCUT2D eigenvalue weighted by Gasteiger charge is -2.21. The number of likely N-dealkylation sites (N-methyl/N-ethyl adjacent to an activating group) is 1. The number of carbonyl (C=O) groups excluding carboxylic acids is 2. The van der Waals surface area contributed by atoms with E-state index in [1.807, 2.05) is 31.2 Å². The summed E-state index contributed by atoms with van der Waals surface area (Å²) >= 11 is 12.2. The molecule has 0 bridgehead atoms. The van der Waals surface area contributed by atoms with Gasteiger partial charge < -0.3 is 10.6 Å². The normalized spacial score (nSPS) is 11.4. The van der Waals surface area contributed by atoms with Crippen LogP contribution >= 0.6 is 23.2 Å². The van der Waals surface area contributed by atoms with Crippen molar-refractivity contribution in [1.29, 1.82) is 0 Å². The molecule has 0 aliphatic heterocycles. The molecule has 2 aromatic rings. The molecule has 0 aliphatic carbocycles. The van der Waals surface area contributed by atoms with Gasteiger partial charge in [0.15, 0.2) is 0 Å². The van der Waals surface area contributed by atoms with E-state index in [0.29, 0.717) is 22.3 Å². The lowest BCUT2D eigenvalue weighted by atomic mass is 9.87. The Morgan fingerprint density at radius 1 is 0.897 bits per heavy atom. The van der Waals surface area contributed by atoms with Crippen molar-refractivity contribution < 1.29 is 9.59 Å². The highest BCUT2D eigenvalue weighted by Crippen LogP contribution is 2.29. The Kier molecular flexibility index (Phi) is 8.08. The average molecular weight is 436 g/mol. The number of nitrogens with zero attached hydrogens (tertiary/aromatic N) is 1. The minimum Gasteiger partial charge on any atom is -0.325 e. The first-order valence-electron chi connectivity index (χ1n) is 9.46. The Hall–Kier alpha value is -2.08. The van der Waals surface area contributed by atoms with Crippen LogP contribution in [0.4, 0.5) is 11.4 Å². The molecule has 0 aliphatic rings. The van der Waals surface area contributed by atoms with Gasteiger partial charge >= 0.3 is 0 Å². The summed E-state index contributed by atoms with van der Waals surface area (Å²) < 4.78 is 0. The molecule has 0 atom stereocenters. The van der Waals surface area contributed by atoms with E-state index in [-0.39, 0.29) is 30.3 Å². The predicted molar refractivity (Wildman–Crippen MR) is 121 cm³/mol. The molecule has 2 amide bonds. The molecule has 0 spiro atoms. The van der Waals surface area contributed by atoms with E-state index in [9.17, 15) is 9.59 Å². The van der Waals surface area contributed by atoms with Gasteiger partial charge in [0.25, 0.3) is 0 Å². The smallest absolute Gasteiger partial charge is 0.238 e. The number of para-hydroxylation sites is 1. The SMILES string of the molecule is CCN(CC(=O)Nc1ccc(C(C)(C)C)cc1)CC(=O)Nc1c(Cl)cccc1Cl. The van der Waals surface area contributed by atoms with E-state index in [0.717, 1.165) is 5.69 Å². The molecule has 2 rings (SSSR count). The third-order valence-corrected chi connectivity index (χ3v) is 5.07. The number of hydrogen-bond acceptors (Lipinski definition) is 3. The van der Waals surface area contributed by atoms with Crippen LogP contribution in [0.1, 0.15) is 33.3 Å². The molecule has 2 N–H and O–H groups in total. The van der Waals surface area contributed by atoms with Gasteiger partial charge in [-0.2, -0.15) is 0 Å². The second-order valence-corrected chi connectivity index (χ2v) is 8.64. The first kappa shape index (κ1) is 23.2. The number of hydrogen-bond donors (Lipinski definition) is 2. The van der Waals surface area contributed by atoms with E-state index in [1.165, 1.54) is 5.56 Å². The molecule has 0 saturated heterocycles. The minimum atomic E-state index is -0.288. The van der Waals surface area contributed by atoms with Crippen molar-refractivity contribution in [3.8, 4) is 0 Å². The van der Waals surface area contributed by atoms with E-state index >= 15 is 0 Å². The Bertz CT molecular complexity index is 841. The summed E-state index contributed by atoms with van der Waals surface area (Å²) in [5.74, 6) is -0.469. The van der Waals surface area contributed by atoms with E-state index in [1.54, 1.807) is 23.1 Å². The van der Waals surface area contributed by atoms with Crippen molar-refractivity contribution in [2.45, 2.75) is 33.1 Å². The van der Waals surface area contributed by atoms with Gasteiger partial charge in [0, 0.05) is 5.69 Å². The van der Waals surface area contributed by atoms with Crippen LogP contribution in [-0.4, -0.2) is 36.3 Å². The first-order chi connectivity index (χ1) is 13.6. The molecule has 5 nitrogen and oxygen atoms in total. The highest BCUT2D eigenvalue weighted by atomic mass is 35.5. The fraction of sp³-hybridized carbons (Fsp3) is 0.364. The predicted octanol–water partition coefficient (Wildman–Crippen LogP) is 5.19. The first-order valence-corrected chi connectivity index (χ1v) is 10.2. The Labute approximate surface area is 182 Å². The highest BCUT2D eigenvalue weighted by molar-refractivity contribution is 6.39. The van der Waals surface area contributed by atoms with Gasteiger partial charge in [-0.15, -0.1) is 0 Å². The Balaban J connectivity index is 1.91. The summed E-state index contributed by atoms with van der Waals surface area (Å²) in [4.78, 5) is 26.5. The fourth-order valence-corrected chi connectivity index (χ4v) is 3.23. The molecule has 7 heteroatoms. The zero-order chi connectivity index (χ0) is 21.6. The van der Waals surface area contributed by atoms with Crippen LogP contribution in [0.5, 0.6) is 0 Å². The number of anilines is 2. The Morgan fingerprint density at radius 2 is 1.41 bits per heavy atom. The summed E-state index contributed by atoms with van der Waals surface area (Å²) in [5, 5.41) is 6.31. The van der Waals surface area contributed by atoms with Crippen LogP contribution in [0.3, 0.4) is 0 Å².